The van der Waals surface area contributed by atoms with Crippen molar-refractivity contribution in [2.45, 2.75) is 65.0 Å². The van der Waals surface area contributed by atoms with Crippen molar-refractivity contribution >= 4 is 184 Å². The summed E-state index contributed by atoms with van der Waals surface area (Å²) < 4.78 is 144. The number of carbonyl (C=O) groups is 3. The largest absolute Gasteiger partial charge is 0.462 e. The molecule has 0 saturated carbocycles. The molecule has 2 aliphatic rings. The van der Waals surface area contributed by atoms with E-state index in [0.717, 1.165) is 80.4 Å². The summed E-state index contributed by atoms with van der Waals surface area (Å²) in [6, 6.07) is 29.7. The number of nitrogens with zero attached hydrogens (tertiary/aromatic N) is 3. The van der Waals surface area contributed by atoms with Crippen LogP contribution in [0.25, 0.3) is 0 Å². The van der Waals surface area contributed by atoms with Gasteiger partial charge in [-0.1, -0.05) is 76.0 Å². The van der Waals surface area contributed by atoms with Crippen molar-refractivity contribution in [2.75, 3.05) is 117 Å². The van der Waals surface area contributed by atoms with Crippen molar-refractivity contribution in [3.05, 3.63) is 184 Å². The van der Waals surface area contributed by atoms with Crippen LogP contribution in [0.1, 0.15) is 105 Å². The molecule has 7 aromatic rings. The van der Waals surface area contributed by atoms with E-state index in [1.807, 2.05) is 19.1 Å². The van der Waals surface area contributed by atoms with Crippen molar-refractivity contribution < 1.29 is 80.5 Å². The minimum Gasteiger partial charge on any atom is -0.462 e. The molecule has 2 aliphatic heterocycles. The number of aliphatic hydroxyl groups is 1. The van der Waals surface area contributed by atoms with Crippen LogP contribution in [0.3, 0.4) is 0 Å². The first-order valence-corrected chi connectivity index (χ1v) is 42.6. The molecule has 10 N–H and O–H groups in total. The van der Waals surface area contributed by atoms with Gasteiger partial charge in [0.1, 0.15) is 5.82 Å². The Morgan fingerprint density at radius 1 is 0.538 bits per heavy atom. The molecule has 6 aromatic carbocycles. The fraction of sp³-hybridized carbons (Fsp3) is 0.338. The predicted octanol–water partition coefficient (Wildman–Crippen LogP) is 12.1. The van der Waals surface area contributed by atoms with Gasteiger partial charge >= 0.3 is 11.9 Å². The van der Waals surface area contributed by atoms with Crippen LogP contribution in [0.4, 0.5) is 45.9 Å². The van der Waals surface area contributed by atoms with Gasteiger partial charge in [-0.2, -0.15) is 4.98 Å². The number of nitrogens with two attached hydrogens (primary N) is 2. The van der Waals surface area contributed by atoms with Crippen LogP contribution in [0.15, 0.2) is 115 Å². The summed E-state index contributed by atoms with van der Waals surface area (Å²) in [5.74, 6) is 0.0892. The highest BCUT2D eigenvalue weighted by molar-refractivity contribution is 7.93. The number of anilines is 8. The smallest absolute Gasteiger partial charge is 0.339 e. The Hall–Kier alpha value is -7.22. The Labute approximate surface area is 636 Å². The molecule has 570 valence electrons. The zero-order valence-corrected chi connectivity index (χ0v) is 66.0. The molecule has 0 radical (unpaired) electrons. The molecule has 0 amide bonds. The minimum absolute atomic E-state index is 0.127. The number of aromatic nitrogens is 2. The zero-order chi connectivity index (χ0) is 77.9. The maximum Gasteiger partial charge on any atom is 0.339 e. The summed E-state index contributed by atoms with van der Waals surface area (Å²) >= 11 is 35.7. The number of carbonyl (C=O) groups excluding carboxylic acids is 3. The normalized spacial score (nSPS) is 14.5. The molecule has 0 bridgehead atoms. The van der Waals surface area contributed by atoms with Gasteiger partial charge in [0.2, 0.25) is 56.1 Å². The van der Waals surface area contributed by atoms with Crippen LogP contribution in [0, 0.1) is 6.92 Å². The third kappa shape index (κ3) is 33.1. The molecule has 2 unspecified atom stereocenters. The van der Waals surface area contributed by atoms with Crippen LogP contribution >= 0.6 is 69.6 Å². The highest BCUT2D eigenvalue weighted by Crippen LogP contribution is 2.36. The van der Waals surface area contributed by atoms with Crippen LogP contribution < -0.4 is 40.0 Å². The highest BCUT2D eigenvalue weighted by Gasteiger charge is 2.28. The van der Waals surface area contributed by atoms with Gasteiger partial charge in [-0.15, -0.1) is 0 Å². The molecule has 0 aliphatic carbocycles. The predicted molar refractivity (Wildman–Crippen MR) is 413 cm³/mol. The second-order valence-corrected chi connectivity index (χ2v) is 33.9. The second-order valence-electron chi connectivity index (χ2n) is 22.7. The SMILES string of the molecule is CCOC(=O)c1cc(N)ccc1Cl.CCOC(=O)c1cc(NS(C)(=O)=O)ccc1Cl.CS(=O)(=O)Nc1ccc(Cl)c(C2CCCCOC2)c1.CS(=O)(=O)Nc1ccc(Cl)c(C=O)c1.CS(=O)(=O)Nc1ccc(Cl)c(CO)c1.Cc1cc(N2CCCOCC2c2cc(NS(C)(=O)=O)ccc2Cl)nc(N)n1. The van der Waals surface area contributed by atoms with Crippen molar-refractivity contribution in [3.8, 4) is 0 Å². The molecular weight excluding hydrogens is 1580 g/mol. The molecule has 3 heterocycles. The minimum atomic E-state index is -3.40. The van der Waals surface area contributed by atoms with Crippen molar-refractivity contribution in [1.29, 1.82) is 0 Å². The summed E-state index contributed by atoms with van der Waals surface area (Å²) in [6.45, 7) is 8.71. The number of aryl methyl sites for hydroxylation is 1. The number of aldehydes is 1. The molecule has 1 aromatic heterocycles. The summed E-state index contributed by atoms with van der Waals surface area (Å²) in [6.07, 6.45) is 9.91. The maximum atomic E-state index is 11.6. The van der Waals surface area contributed by atoms with Gasteiger partial charge < -0.3 is 40.4 Å². The van der Waals surface area contributed by atoms with E-state index >= 15 is 0 Å². The summed E-state index contributed by atoms with van der Waals surface area (Å²) in [5, 5.41) is 11.3. The first-order valence-electron chi connectivity index (χ1n) is 30.8. The topological polar surface area (TPSA) is 420 Å². The molecule has 2 atom stereocenters. The number of nitrogen functional groups attached to an aromatic ring is 2. The molecular formula is C65H80Cl6N10O18S5. The number of benzene rings is 6. The number of halogens is 6. The van der Waals surface area contributed by atoms with Gasteiger partial charge in [0, 0.05) is 92.2 Å². The van der Waals surface area contributed by atoms with E-state index in [0.29, 0.717) is 110 Å². The van der Waals surface area contributed by atoms with Crippen molar-refractivity contribution in [3.63, 3.8) is 0 Å². The number of sulfonamides is 5. The van der Waals surface area contributed by atoms with E-state index in [1.54, 1.807) is 56.3 Å². The zero-order valence-electron chi connectivity index (χ0n) is 57.4. The lowest BCUT2D eigenvalue weighted by Gasteiger charge is -2.31. The average molecular weight is 1660 g/mol. The quantitative estimate of drug-likeness (QED) is 0.0212. The molecule has 2 fully saturated rings. The van der Waals surface area contributed by atoms with Crippen LogP contribution in [0.5, 0.6) is 0 Å². The van der Waals surface area contributed by atoms with E-state index in [9.17, 15) is 56.5 Å². The lowest BCUT2D eigenvalue weighted by molar-refractivity contribution is 0.0517. The number of hydrogen-bond donors (Lipinski definition) is 8. The third-order valence-electron chi connectivity index (χ3n) is 13.5. The summed E-state index contributed by atoms with van der Waals surface area (Å²) in [5.41, 5.74) is 17.4. The van der Waals surface area contributed by atoms with Gasteiger partial charge in [-0.05, 0) is 166 Å². The van der Waals surface area contributed by atoms with Crippen molar-refractivity contribution in [2.24, 2.45) is 0 Å². The molecule has 104 heavy (non-hydrogen) atoms. The molecule has 28 nitrogen and oxygen atoms in total. The van der Waals surface area contributed by atoms with Gasteiger partial charge in [0.05, 0.1) is 96.5 Å². The van der Waals surface area contributed by atoms with E-state index in [-0.39, 0.29) is 53.0 Å². The van der Waals surface area contributed by atoms with Crippen LogP contribution in [-0.4, -0.2) is 153 Å². The number of ether oxygens (including phenoxy) is 4. The number of hydrogen-bond acceptors (Lipinski definition) is 23. The van der Waals surface area contributed by atoms with Gasteiger partial charge in [0.25, 0.3) is 0 Å². The van der Waals surface area contributed by atoms with Crippen LogP contribution in [-0.2, 0) is 75.7 Å². The lowest BCUT2D eigenvalue weighted by atomic mass is 9.94. The number of esters is 2. The van der Waals surface area contributed by atoms with E-state index in [1.165, 1.54) is 60.7 Å². The Morgan fingerprint density at radius 3 is 1.45 bits per heavy atom. The standard InChI is InChI=1S/C17H22ClN5O3S.C13H18ClNO3S.C10H12ClNO4S.C9H10ClNO2.C8H10ClNO3S.C8H8ClNO3S/c1-11-8-16(21-17(19)20-11)23-6-3-7-26-10-15(23)13-9-12(4-5-14(13)18)22-27(2,24)25;1-19(16,17)15-11-5-6-13(14)12(8-11)10-4-2-3-7-18-9-10;1-3-16-10(13)8-6-7(4-5-9(8)11)12-17(2,14)15;1-2-13-9(12)7-5-6(11)3-4-8(7)10;2*1-14(12,13)10-7-2-3-8(9)6(4-7)5-11/h4-5,8-9,15,22H,3,6-7,10H2,1-2H3,(H2,19,20,21);5-6,8,10,15H,2-4,7,9H2,1H3;4-6,12H,3H2,1-2H3;3-5H,2,11H2,1H3;2-4,10-11H,5H2,1H3;2-5,10H,1H3. The second kappa shape index (κ2) is 41.6. The lowest BCUT2D eigenvalue weighted by Crippen LogP contribution is -2.32. The van der Waals surface area contributed by atoms with E-state index in [2.05, 4.69) is 38.5 Å². The number of rotatable bonds is 19. The Bertz CT molecular complexity index is 4680. The first-order chi connectivity index (χ1) is 48.5. The molecule has 39 heteroatoms. The van der Waals surface area contributed by atoms with Gasteiger partial charge in [-0.3, -0.25) is 28.4 Å². The van der Waals surface area contributed by atoms with Gasteiger partial charge in [0.15, 0.2) is 6.29 Å². The fourth-order valence-electron chi connectivity index (χ4n) is 9.35. The molecule has 0 spiro atoms. The summed E-state index contributed by atoms with van der Waals surface area (Å²) in [7, 11) is -16.7. The van der Waals surface area contributed by atoms with E-state index < -0.39 is 62.1 Å². The van der Waals surface area contributed by atoms with Gasteiger partial charge in [-0.25, -0.2) is 56.7 Å². The van der Waals surface area contributed by atoms with E-state index in [4.69, 9.17) is 105 Å². The Balaban J connectivity index is 0.000000270. The monoisotopic (exact) mass is 1660 g/mol. The number of nitrogens with one attached hydrogen (secondary N) is 5. The fourth-order valence-corrected chi connectivity index (χ4v) is 13.4. The average Bonchev–Trinajstić information content (AvgIpc) is 1.35. The van der Waals surface area contributed by atoms with Crippen LogP contribution in [0.2, 0.25) is 30.1 Å². The first kappa shape index (κ1) is 89.2. The Kier molecular flexibility index (Phi) is 35.7. The molecule has 2 saturated heterocycles. The maximum absolute atomic E-state index is 11.6. The Morgan fingerprint density at radius 2 is 0.962 bits per heavy atom. The molecule has 9 rings (SSSR count). The highest BCUT2D eigenvalue weighted by atomic mass is 35.5. The number of aliphatic hydroxyl groups excluding tert-OH is 1. The van der Waals surface area contributed by atoms with Crippen molar-refractivity contribution in [1.82, 2.24) is 9.97 Å². The third-order valence-corrected chi connectivity index (χ3v) is 18.6. The summed E-state index contributed by atoms with van der Waals surface area (Å²) in [4.78, 5) is 43.8.